The van der Waals surface area contributed by atoms with Crippen LogP contribution in [0, 0.1) is 5.92 Å². The summed E-state index contributed by atoms with van der Waals surface area (Å²) in [6, 6.07) is -0.336. The molecule has 1 unspecified atom stereocenters. The molecule has 3 heteroatoms. The molecule has 0 bridgehead atoms. The maximum Gasteiger partial charge on any atom is 0.320 e. The minimum Gasteiger partial charge on any atom is -0.480 e. The molecule has 88 valence electrons. The van der Waals surface area contributed by atoms with E-state index >= 15 is 0 Å². The van der Waals surface area contributed by atoms with Gasteiger partial charge >= 0.3 is 5.97 Å². The zero-order valence-electron chi connectivity index (χ0n) is 9.67. The van der Waals surface area contributed by atoms with Crippen molar-refractivity contribution < 1.29 is 9.90 Å². The Kier molecular flexibility index (Phi) is 5.69. The molecule has 1 aliphatic carbocycles. The Hall–Kier alpha value is -0.570. The molecular formula is C12H23NO2. The molecule has 1 atom stereocenters. The van der Waals surface area contributed by atoms with Gasteiger partial charge in [0, 0.05) is 0 Å². The minimum atomic E-state index is -0.701. The first kappa shape index (κ1) is 12.5. The predicted octanol–water partition coefficient (Wildman–Crippen LogP) is 2.41. The highest BCUT2D eigenvalue weighted by molar-refractivity contribution is 5.73. The van der Waals surface area contributed by atoms with Gasteiger partial charge in [-0.1, -0.05) is 39.0 Å². The number of carboxylic acids is 1. The molecule has 1 rings (SSSR count). The van der Waals surface area contributed by atoms with Crippen molar-refractivity contribution in [2.24, 2.45) is 5.92 Å². The Balaban J connectivity index is 2.22. The number of hydrogen-bond donors (Lipinski definition) is 2. The fourth-order valence-electron chi connectivity index (χ4n) is 2.44. The van der Waals surface area contributed by atoms with Gasteiger partial charge in [-0.2, -0.15) is 0 Å². The van der Waals surface area contributed by atoms with E-state index in [0.717, 1.165) is 25.3 Å². The predicted molar refractivity (Wildman–Crippen MR) is 60.9 cm³/mol. The lowest BCUT2D eigenvalue weighted by atomic mass is 9.85. The monoisotopic (exact) mass is 213 g/mol. The Morgan fingerprint density at radius 2 is 2.07 bits per heavy atom. The molecule has 3 nitrogen and oxygen atoms in total. The van der Waals surface area contributed by atoms with Crippen LogP contribution in [0.2, 0.25) is 0 Å². The molecule has 0 spiro atoms. The molecule has 1 saturated carbocycles. The van der Waals surface area contributed by atoms with Crippen LogP contribution < -0.4 is 5.32 Å². The maximum atomic E-state index is 10.9. The quantitative estimate of drug-likeness (QED) is 0.712. The highest BCUT2D eigenvalue weighted by Crippen LogP contribution is 2.27. The molecule has 0 radical (unpaired) electrons. The number of carboxylic acid groups (broad SMARTS) is 1. The summed E-state index contributed by atoms with van der Waals surface area (Å²) in [5.74, 6) is 0.0758. The van der Waals surface area contributed by atoms with Gasteiger partial charge in [0.1, 0.15) is 6.04 Å². The van der Waals surface area contributed by atoms with Crippen LogP contribution in [-0.4, -0.2) is 23.7 Å². The fraction of sp³-hybridized carbons (Fsp3) is 0.917. The van der Waals surface area contributed by atoms with Crippen LogP contribution in [0.25, 0.3) is 0 Å². The number of likely N-dealkylation sites (N-methyl/N-ethyl adjacent to an activating group) is 1. The van der Waals surface area contributed by atoms with Gasteiger partial charge in [0.05, 0.1) is 0 Å². The maximum absolute atomic E-state index is 10.9. The topological polar surface area (TPSA) is 49.3 Å². The zero-order valence-corrected chi connectivity index (χ0v) is 9.67. The van der Waals surface area contributed by atoms with Crippen molar-refractivity contribution in [2.75, 3.05) is 6.54 Å². The van der Waals surface area contributed by atoms with E-state index < -0.39 is 5.97 Å². The first-order chi connectivity index (χ1) is 7.24. The van der Waals surface area contributed by atoms with Crippen molar-refractivity contribution in [1.82, 2.24) is 5.32 Å². The largest absolute Gasteiger partial charge is 0.480 e. The average molecular weight is 213 g/mol. The summed E-state index contributed by atoms with van der Waals surface area (Å²) in [6.07, 6.45) is 8.51. The smallest absolute Gasteiger partial charge is 0.320 e. The lowest BCUT2D eigenvalue weighted by Crippen LogP contribution is -2.36. The van der Waals surface area contributed by atoms with Gasteiger partial charge in [-0.25, -0.2) is 0 Å². The molecule has 0 saturated heterocycles. The zero-order chi connectivity index (χ0) is 11.1. The lowest BCUT2D eigenvalue weighted by molar-refractivity contribution is -0.139. The van der Waals surface area contributed by atoms with E-state index in [2.05, 4.69) is 5.32 Å². The second-order valence-electron chi connectivity index (χ2n) is 4.53. The fourth-order valence-corrected chi connectivity index (χ4v) is 2.44. The number of rotatable bonds is 6. The van der Waals surface area contributed by atoms with E-state index in [0.29, 0.717) is 0 Å². The van der Waals surface area contributed by atoms with E-state index in [1.54, 1.807) is 0 Å². The first-order valence-corrected chi connectivity index (χ1v) is 6.20. The normalized spacial score (nSPS) is 20.1. The highest BCUT2D eigenvalue weighted by Gasteiger charge is 2.19. The van der Waals surface area contributed by atoms with E-state index in [1.807, 2.05) is 6.92 Å². The second-order valence-corrected chi connectivity index (χ2v) is 4.53. The molecule has 0 aromatic heterocycles. The molecule has 2 N–H and O–H groups in total. The molecule has 1 fully saturated rings. The van der Waals surface area contributed by atoms with Crippen molar-refractivity contribution in [3.05, 3.63) is 0 Å². The van der Waals surface area contributed by atoms with Crippen molar-refractivity contribution >= 4 is 5.97 Å². The van der Waals surface area contributed by atoms with Gasteiger partial charge in [-0.15, -0.1) is 0 Å². The number of hydrogen-bond acceptors (Lipinski definition) is 2. The Labute approximate surface area is 92.3 Å². The summed E-state index contributed by atoms with van der Waals surface area (Å²) in [4.78, 5) is 10.9. The van der Waals surface area contributed by atoms with E-state index in [4.69, 9.17) is 5.11 Å². The third-order valence-corrected chi connectivity index (χ3v) is 3.34. The molecule has 0 heterocycles. The molecule has 0 amide bonds. The van der Waals surface area contributed by atoms with Crippen LogP contribution in [0.1, 0.15) is 51.9 Å². The van der Waals surface area contributed by atoms with Crippen LogP contribution >= 0.6 is 0 Å². The van der Waals surface area contributed by atoms with Crippen LogP contribution in [0.15, 0.2) is 0 Å². The van der Waals surface area contributed by atoms with Crippen molar-refractivity contribution in [3.8, 4) is 0 Å². The van der Waals surface area contributed by atoms with Crippen LogP contribution in [-0.2, 0) is 4.79 Å². The third kappa shape index (κ3) is 4.65. The molecule has 0 aromatic carbocycles. The third-order valence-electron chi connectivity index (χ3n) is 3.34. The molecular weight excluding hydrogens is 190 g/mol. The molecule has 0 aliphatic heterocycles. The molecule has 0 aromatic rings. The summed E-state index contributed by atoms with van der Waals surface area (Å²) in [7, 11) is 0. The number of aliphatic carboxylic acids is 1. The van der Waals surface area contributed by atoms with Crippen LogP contribution in [0.5, 0.6) is 0 Å². The van der Waals surface area contributed by atoms with Gasteiger partial charge in [-0.3, -0.25) is 4.79 Å². The summed E-state index contributed by atoms with van der Waals surface area (Å²) >= 11 is 0. The first-order valence-electron chi connectivity index (χ1n) is 6.20. The summed E-state index contributed by atoms with van der Waals surface area (Å²) < 4.78 is 0. The van der Waals surface area contributed by atoms with Gasteiger partial charge in [-0.05, 0) is 25.3 Å². The van der Waals surface area contributed by atoms with Crippen LogP contribution in [0.4, 0.5) is 0 Å². The van der Waals surface area contributed by atoms with Gasteiger partial charge < -0.3 is 10.4 Å². The lowest BCUT2D eigenvalue weighted by Gasteiger charge is -2.23. The Morgan fingerprint density at radius 1 is 1.40 bits per heavy atom. The SMILES string of the molecule is CCNC(CCC1CCCCC1)C(=O)O. The molecule has 15 heavy (non-hydrogen) atoms. The Bertz CT molecular complexity index is 188. The van der Waals surface area contributed by atoms with Crippen molar-refractivity contribution in [1.29, 1.82) is 0 Å². The van der Waals surface area contributed by atoms with Gasteiger partial charge in [0.2, 0.25) is 0 Å². The number of carbonyl (C=O) groups is 1. The summed E-state index contributed by atoms with van der Waals surface area (Å²) in [5.41, 5.74) is 0. The average Bonchev–Trinajstić information content (AvgIpc) is 2.25. The van der Waals surface area contributed by atoms with E-state index in [1.165, 1.54) is 32.1 Å². The van der Waals surface area contributed by atoms with E-state index in [9.17, 15) is 4.79 Å². The Morgan fingerprint density at radius 3 is 2.60 bits per heavy atom. The van der Waals surface area contributed by atoms with Crippen LogP contribution in [0.3, 0.4) is 0 Å². The minimum absolute atomic E-state index is 0.336. The standard InChI is InChI=1S/C12H23NO2/c1-2-13-11(12(14)15)9-8-10-6-4-3-5-7-10/h10-11,13H,2-9H2,1H3,(H,14,15). The second kappa shape index (κ2) is 6.83. The van der Waals surface area contributed by atoms with E-state index in [-0.39, 0.29) is 6.04 Å². The van der Waals surface area contributed by atoms with Gasteiger partial charge in [0.15, 0.2) is 0 Å². The van der Waals surface area contributed by atoms with Crippen molar-refractivity contribution in [3.63, 3.8) is 0 Å². The summed E-state index contributed by atoms with van der Waals surface area (Å²) in [6.45, 7) is 2.69. The van der Waals surface area contributed by atoms with Crippen molar-refractivity contribution in [2.45, 2.75) is 57.9 Å². The highest BCUT2D eigenvalue weighted by atomic mass is 16.4. The summed E-state index contributed by atoms with van der Waals surface area (Å²) in [5, 5.41) is 12.0. The molecule has 1 aliphatic rings. The number of nitrogens with one attached hydrogen (secondary N) is 1. The van der Waals surface area contributed by atoms with Gasteiger partial charge in [0.25, 0.3) is 0 Å².